The van der Waals surface area contributed by atoms with Gasteiger partial charge in [0.15, 0.2) is 0 Å². The molecule has 0 bridgehead atoms. The molecule has 0 heterocycles. The van der Waals surface area contributed by atoms with Crippen molar-refractivity contribution in [3.63, 3.8) is 0 Å². The van der Waals surface area contributed by atoms with E-state index in [1.807, 2.05) is 12.1 Å². The van der Waals surface area contributed by atoms with E-state index in [0.717, 1.165) is 19.3 Å². The van der Waals surface area contributed by atoms with Gasteiger partial charge in [-0.2, -0.15) is 0 Å². The summed E-state index contributed by atoms with van der Waals surface area (Å²) in [5.74, 6) is 2.31. The van der Waals surface area contributed by atoms with Crippen molar-refractivity contribution >= 4 is 0 Å². The molecule has 3 aliphatic carbocycles. The van der Waals surface area contributed by atoms with Crippen LogP contribution in [0.3, 0.4) is 0 Å². The van der Waals surface area contributed by atoms with Gasteiger partial charge in [-0.15, -0.1) is 0 Å². The highest BCUT2D eigenvalue weighted by Gasteiger charge is 2.61. The van der Waals surface area contributed by atoms with Gasteiger partial charge in [0.05, 0.1) is 6.10 Å². The summed E-state index contributed by atoms with van der Waals surface area (Å²) in [6.07, 6.45) is 5.39. The Bertz CT molecular complexity index is 606. The monoisotopic (exact) mass is 300 g/mol. The Morgan fingerprint density at radius 1 is 1.14 bits per heavy atom. The molecule has 0 aromatic heterocycles. The van der Waals surface area contributed by atoms with Crippen LogP contribution in [0.2, 0.25) is 0 Å². The maximum absolute atomic E-state index is 10.7. The van der Waals surface area contributed by atoms with Gasteiger partial charge in [0, 0.05) is 0 Å². The van der Waals surface area contributed by atoms with Crippen LogP contribution in [-0.2, 0) is 6.42 Å². The fourth-order valence-corrected chi connectivity index (χ4v) is 6.51. The largest absolute Gasteiger partial charge is 0.508 e. The van der Waals surface area contributed by atoms with Gasteiger partial charge in [0.25, 0.3) is 0 Å². The molecule has 3 aliphatic rings. The number of aliphatic hydroxyl groups is 1. The average molecular weight is 300 g/mol. The van der Waals surface area contributed by atoms with E-state index in [9.17, 15) is 10.2 Å². The molecule has 1 aromatic carbocycles. The fourth-order valence-electron chi connectivity index (χ4n) is 6.51. The number of hydrogen-bond acceptors (Lipinski definition) is 2. The molecule has 2 N–H and O–H groups in total. The van der Waals surface area contributed by atoms with Crippen molar-refractivity contribution in [1.29, 1.82) is 0 Å². The topological polar surface area (TPSA) is 40.5 Å². The molecular weight excluding hydrogens is 272 g/mol. The van der Waals surface area contributed by atoms with Crippen LogP contribution < -0.4 is 0 Å². The normalized spacial score (nSPS) is 42.4. The Morgan fingerprint density at radius 3 is 2.68 bits per heavy atom. The minimum Gasteiger partial charge on any atom is -0.508 e. The molecule has 2 heteroatoms. The second-order valence-corrected chi connectivity index (χ2v) is 8.92. The lowest BCUT2D eigenvalue weighted by molar-refractivity contribution is -0.0404. The van der Waals surface area contributed by atoms with E-state index in [1.54, 1.807) is 0 Å². The third-order valence-corrected chi connectivity index (χ3v) is 7.25. The van der Waals surface area contributed by atoms with Gasteiger partial charge in [-0.1, -0.05) is 26.8 Å². The van der Waals surface area contributed by atoms with Gasteiger partial charge >= 0.3 is 0 Å². The Morgan fingerprint density at radius 2 is 1.91 bits per heavy atom. The maximum Gasteiger partial charge on any atom is 0.115 e. The summed E-state index contributed by atoms with van der Waals surface area (Å²) in [6, 6.07) is 5.97. The zero-order chi connectivity index (χ0) is 15.7. The summed E-state index contributed by atoms with van der Waals surface area (Å²) in [6.45, 7) is 7.06. The van der Waals surface area contributed by atoms with Crippen LogP contribution >= 0.6 is 0 Å². The van der Waals surface area contributed by atoms with Crippen LogP contribution in [0.4, 0.5) is 0 Å². The standard InChI is InChI=1S/C20H28O2/c1-19(2)11-17(22)20(3)9-8-15-14-7-5-13(21)10-12(14)4-6-16(15)18(19)20/h5,7,10,15-18,21-22H,4,6,8-9,11H2,1-3H3/t15-,16-,17+,18+,20-/m1/s1. The van der Waals surface area contributed by atoms with Crippen molar-refractivity contribution in [1.82, 2.24) is 0 Å². The van der Waals surface area contributed by atoms with Gasteiger partial charge in [0.2, 0.25) is 0 Å². The van der Waals surface area contributed by atoms with E-state index in [4.69, 9.17) is 0 Å². The lowest BCUT2D eigenvalue weighted by Crippen LogP contribution is -2.46. The minimum atomic E-state index is -0.144. The van der Waals surface area contributed by atoms with Crippen molar-refractivity contribution in [2.45, 2.75) is 64.9 Å². The summed E-state index contributed by atoms with van der Waals surface area (Å²) in [7, 11) is 0. The van der Waals surface area contributed by atoms with Crippen molar-refractivity contribution < 1.29 is 10.2 Å². The Labute approximate surface area is 133 Å². The summed E-state index contributed by atoms with van der Waals surface area (Å²) >= 11 is 0. The molecule has 2 fully saturated rings. The van der Waals surface area contributed by atoms with Crippen LogP contribution in [0.15, 0.2) is 18.2 Å². The molecule has 0 spiro atoms. The van der Waals surface area contributed by atoms with Gasteiger partial charge in [-0.25, -0.2) is 0 Å². The second kappa shape index (κ2) is 4.50. The van der Waals surface area contributed by atoms with E-state index in [2.05, 4.69) is 26.8 Å². The zero-order valence-electron chi connectivity index (χ0n) is 14.0. The molecule has 2 nitrogen and oxygen atoms in total. The molecule has 2 saturated carbocycles. The van der Waals surface area contributed by atoms with E-state index in [-0.39, 0.29) is 16.9 Å². The van der Waals surface area contributed by atoms with Gasteiger partial charge in [-0.05, 0) is 83.9 Å². The van der Waals surface area contributed by atoms with Crippen molar-refractivity contribution in [3.8, 4) is 5.75 Å². The lowest BCUT2D eigenvalue weighted by atomic mass is 9.52. The summed E-state index contributed by atoms with van der Waals surface area (Å²) < 4.78 is 0. The predicted octanol–water partition coefficient (Wildman–Crippen LogP) is 4.25. The number of fused-ring (bicyclic) bond motifs is 5. The molecule has 0 aliphatic heterocycles. The zero-order valence-corrected chi connectivity index (χ0v) is 14.0. The number of phenols is 1. The van der Waals surface area contributed by atoms with Crippen molar-refractivity contribution in [3.05, 3.63) is 29.3 Å². The van der Waals surface area contributed by atoms with E-state index < -0.39 is 0 Å². The first-order chi connectivity index (χ1) is 10.3. The first-order valence-electron chi connectivity index (χ1n) is 8.83. The number of benzene rings is 1. The maximum atomic E-state index is 10.7. The Kier molecular flexibility index (Phi) is 2.98. The molecule has 0 radical (unpaired) electrons. The summed E-state index contributed by atoms with van der Waals surface area (Å²) in [5, 5.41) is 20.5. The predicted molar refractivity (Wildman–Crippen MR) is 87.9 cm³/mol. The molecule has 4 rings (SSSR count). The molecule has 5 atom stereocenters. The van der Waals surface area contributed by atoms with Crippen LogP contribution in [0.25, 0.3) is 0 Å². The smallest absolute Gasteiger partial charge is 0.115 e. The lowest BCUT2D eigenvalue weighted by Gasteiger charge is -2.53. The van der Waals surface area contributed by atoms with E-state index >= 15 is 0 Å². The number of phenolic OH excluding ortho intramolecular Hbond substituents is 1. The van der Waals surface area contributed by atoms with Crippen LogP contribution in [-0.4, -0.2) is 16.3 Å². The SMILES string of the molecule is CC1(C)C[C@H](O)[C@@]2(C)CC[C@@H]3c4ccc(O)cc4CC[C@H]3[C@@H]12. The highest BCUT2D eigenvalue weighted by molar-refractivity contribution is 5.40. The van der Waals surface area contributed by atoms with Crippen molar-refractivity contribution in [2.24, 2.45) is 22.7 Å². The van der Waals surface area contributed by atoms with Crippen molar-refractivity contribution in [2.75, 3.05) is 0 Å². The molecular formula is C20H28O2. The third-order valence-electron chi connectivity index (χ3n) is 7.25. The number of rotatable bonds is 0. The first-order valence-corrected chi connectivity index (χ1v) is 8.83. The summed E-state index contributed by atoms with van der Waals surface area (Å²) in [4.78, 5) is 0. The van der Waals surface area contributed by atoms with E-state index in [0.29, 0.717) is 23.5 Å². The van der Waals surface area contributed by atoms with Crippen LogP contribution in [0.5, 0.6) is 5.75 Å². The van der Waals surface area contributed by atoms with Gasteiger partial charge < -0.3 is 10.2 Å². The molecule has 22 heavy (non-hydrogen) atoms. The quantitative estimate of drug-likeness (QED) is 0.752. The first kappa shape index (κ1) is 14.6. The highest BCUT2D eigenvalue weighted by Crippen LogP contribution is 2.66. The Hall–Kier alpha value is -1.02. The van der Waals surface area contributed by atoms with Crippen LogP contribution in [0.1, 0.15) is 63.5 Å². The number of aryl methyl sites for hydroxylation is 1. The minimum absolute atomic E-state index is 0.0963. The highest BCUT2D eigenvalue weighted by atomic mass is 16.3. The third kappa shape index (κ3) is 1.83. The second-order valence-electron chi connectivity index (χ2n) is 8.92. The van der Waals surface area contributed by atoms with Gasteiger partial charge in [0.1, 0.15) is 5.75 Å². The average Bonchev–Trinajstić information content (AvgIpc) is 2.63. The molecule has 0 unspecified atom stereocenters. The summed E-state index contributed by atoms with van der Waals surface area (Å²) in [5.41, 5.74) is 3.14. The van der Waals surface area contributed by atoms with Gasteiger partial charge in [-0.3, -0.25) is 0 Å². The fraction of sp³-hybridized carbons (Fsp3) is 0.700. The number of hydrogen-bond donors (Lipinski definition) is 2. The number of aliphatic hydroxyl groups excluding tert-OH is 1. The van der Waals surface area contributed by atoms with E-state index in [1.165, 1.54) is 24.0 Å². The molecule has 120 valence electrons. The Balaban J connectivity index is 1.76. The molecule has 0 amide bonds. The molecule has 0 saturated heterocycles. The van der Waals surface area contributed by atoms with Crippen LogP contribution in [0, 0.1) is 22.7 Å². The number of aromatic hydroxyl groups is 1. The molecule has 1 aromatic rings.